The first-order chi connectivity index (χ1) is 11.0. The lowest BCUT2D eigenvalue weighted by atomic mass is 10.2. The van der Waals surface area contributed by atoms with E-state index in [2.05, 4.69) is 20.4 Å². The van der Waals surface area contributed by atoms with E-state index in [1.54, 1.807) is 30.5 Å². The maximum atomic E-state index is 11.9. The second-order valence-electron chi connectivity index (χ2n) is 4.67. The Morgan fingerprint density at radius 1 is 1.00 bits per heavy atom. The Balaban J connectivity index is 2.08. The summed E-state index contributed by atoms with van der Waals surface area (Å²) in [6.45, 7) is 1.86. The number of anilines is 2. The molecule has 0 aliphatic carbocycles. The highest BCUT2D eigenvalue weighted by Crippen LogP contribution is 2.16. The first-order valence-corrected chi connectivity index (χ1v) is 6.73. The van der Waals surface area contributed by atoms with Gasteiger partial charge in [-0.25, -0.2) is 9.78 Å². The molecule has 7 nitrogen and oxygen atoms in total. The second-order valence-corrected chi connectivity index (χ2v) is 4.67. The van der Waals surface area contributed by atoms with Gasteiger partial charge in [-0.05, 0) is 30.7 Å². The second kappa shape index (κ2) is 7.17. The third-order valence-electron chi connectivity index (χ3n) is 2.94. The summed E-state index contributed by atoms with van der Waals surface area (Å²) in [7, 11) is 1.23. The highest BCUT2D eigenvalue weighted by Gasteiger charge is 2.18. The molecule has 0 bridgehead atoms. The fourth-order valence-corrected chi connectivity index (χ4v) is 1.77. The predicted octanol–water partition coefficient (Wildman–Crippen LogP) is 1.75. The average Bonchev–Trinajstić information content (AvgIpc) is 2.56. The van der Waals surface area contributed by atoms with Crippen molar-refractivity contribution in [3.05, 3.63) is 53.7 Å². The minimum atomic E-state index is -0.913. The van der Waals surface area contributed by atoms with Gasteiger partial charge in [0.1, 0.15) is 5.82 Å². The zero-order valence-electron chi connectivity index (χ0n) is 12.6. The number of carbonyl (C=O) groups is 3. The maximum absolute atomic E-state index is 11.9. The normalized spacial score (nSPS) is 9.83. The Bertz CT molecular complexity index is 741. The molecular weight excluding hydrogens is 298 g/mol. The van der Waals surface area contributed by atoms with Gasteiger partial charge in [-0.1, -0.05) is 18.2 Å². The quantitative estimate of drug-likeness (QED) is 0.664. The van der Waals surface area contributed by atoms with Crippen molar-refractivity contribution in [2.75, 3.05) is 17.7 Å². The van der Waals surface area contributed by atoms with Gasteiger partial charge in [0.05, 0.1) is 18.4 Å². The number of hydrogen-bond donors (Lipinski definition) is 2. The van der Waals surface area contributed by atoms with Crippen LogP contribution in [0.1, 0.15) is 15.9 Å². The Morgan fingerprint density at radius 3 is 2.35 bits per heavy atom. The van der Waals surface area contributed by atoms with Crippen LogP contribution in [0.25, 0.3) is 0 Å². The molecule has 2 rings (SSSR count). The van der Waals surface area contributed by atoms with Crippen molar-refractivity contribution < 1.29 is 19.1 Å². The fraction of sp³-hybridized carbons (Fsp3) is 0.125. The van der Waals surface area contributed by atoms with Gasteiger partial charge in [-0.2, -0.15) is 0 Å². The monoisotopic (exact) mass is 313 g/mol. The molecule has 0 radical (unpaired) electrons. The van der Waals surface area contributed by atoms with Gasteiger partial charge in [0.15, 0.2) is 0 Å². The van der Waals surface area contributed by atoms with Gasteiger partial charge < -0.3 is 15.4 Å². The molecule has 0 aliphatic rings. The summed E-state index contributed by atoms with van der Waals surface area (Å²) >= 11 is 0. The molecule has 23 heavy (non-hydrogen) atoms. The highest BCUT2D eigenvalue weighted by molar-refractivity contribution is 6.43. The number of nitrogens with one attached hydrogen (secondary N) is 2. The molecule has 0 saturated carbocycles. The highest BCUT2D eigenvalue weighted by atomic mass is 16.5. The number of ether oxygens (including phenoxy) is 1. The Kier molecular flexibility index (Phi) is 5.03. The van der Waals surface area contributed by atoms with E-state index in [0.29, 0.717) is 0 Å². The number of amides is 2. The summed E-state index contributed by atoms with van der Waals surface area (Å²) in [5, 5.41) is 4.75. The third kappa shape index (κ3) is 4.13. The summed E-state index contributed by atoms with van der Waals surface area (Å²) in [6.07, 6.45) is 1.57. The van der Waals surface area contributed by atoms with Crippen molar-refractivity contribution in [1.29, 1.82) is 0 Å². The summed E-state index contributed by atoms with van der Waals surface area (Å²) in [5.41, 5.74) is 1.28. The molecule has 1 aromatic heterocycles. The van der Waals surface area contributed by atoms with Crippen LogP contribution in [-0.2, 0) is 14.3 Å². The molecule has 0 unspecified atom stereocenters. The van der Waals surface area contributed by atoms with Crippen LogP contribution in [0.15, 0.2) is 42.6 Å². The van der Waals surface area contributed by atoms with Crippen molar-refractivity contribution in [1.82, 2.24) is 4.98 Å². The number of esters is 1. The van der Waals surface area contributed by atoms with Crippen molar-refractivity contribution in [3.8, 4) is 0 Å². The number of hydrogen-bond acceptors (Lipinski definition) is 5. The van der Waals surface area contributed by atoms with Crippen molar-refractivity contribution in [2.45, 2.75) is 6.92 Å². The van der Waals surface area contributed by atoms with E-state index in [4.69, 9.17) is 0 Å². The number of pyridine rings is 1. The maximum Gasteiger partial charge on any atom is 0.339 e. The van der Waals surface area contributed by atoms with E-state index >= 15 is 0 Å². The molecule has 2 N–H and O–H groups in total. The zero-order chi connectivity index (χ0) is 16.8. The van der Waals surface area contributed by atoms with Crippen LogP contribution in [0, 0.1) is 6.92 Å². The molecule has 0 atom stereocenters. The lowest BCUT2D eigenvalue weighted by Crippen LogP contribution is -2.30. The van der Waals surface area contributed by atoms with Crippen LogP contribution < -0.4 is 10.6 Å². The van der Waals surface area contributed by atoms with E-state index in [1.807, 2.05) is 6.92 Å². The van der Waals surface area contributed by atoms with Gasteiger partial charge in [-0.15, -0.1) is 0 Å². The minimum Gasteiger partial charge on any atom is -0.465 e. The fourth-order valence-electron chi connectivity index (χ4n) is 1.77. The smallest absolute Gasteiger partial charge is 0.339 e. The minimum absolute atomic E-state index is 0.157. The number of aromatic nitrogens is 1. The number of rotatable bonds is 3. The summed E-state index contributed by atoms with van der Waals surface area (Å²) in [4.78, 5) is 39.4. The van der Waals surface area contributed by atoms with E-state index in [1.165, 1.54) is 19.2 Å². The number of benzene rings is 1. The molecule has 7 heteroatoms. The molecule has 2 aromatic rings. The molecule has 0 spiro atoms. The SMILES string of the molecule is COC(=O)c1ccccc1NC(=O)C(=O)Nc1ccc(C)cn1. The summed E-state index contributed by atoms with van der Waals surface area (Å²) in [5.74, 6) is -2.15. The number of methoxy groups -OCH3 is 1. The van der Waals surface area contributed by atoms with E-state index in [9.17, 15) is 14.4 Å². The predicted molar refractivity (Wildman–Crippen MR) is 84.0 cm³/mol. The van der Waals surface area contributed by atoms with Gasteiger partial charge in [0, 0.05) is 6.20 Å². The molecule has 118 valence electrons. The molecule has 0 saturated heterocycles. The van der Waals surface area contributed by atoms with Crippen LogP contribution in [0.5, 0.6) is 0 Å². The summed E-state index contributed by atoms with van der Waals surface area (Å²) in [6, 6.07) is 9.58. The van der Waals surface area contributed by atoms with Crippen LogP contribution in [0.3, 0.4) is 0 Å². The molecule has 1 aromatic carbocycles. The van der Waals surface area contributed by atoms with Gasteiger partial charge in [0.25, 0.3) is 0 Å². The van der Waals surface area contributed by atoms with Gasteiger partial charge in [0.2, 0.25) is 0 Å². The van der Waals surface area contributed by atoms with Crippen molar-refractivity contribution >= 4 is 29.3 Å². The Hall–Kier alpha value is -3.22. The van der Waals surface area contributed by atoms with Crippen molar-refractivity contribution in [2.24, 2.45) is 0 Å². The lowest BCUT2D eigenvalue weighted by Gasteiger charge is -2.09. The van der Waals surface area contributed by atoms with E-state index in [0.717, 1.165) is 5.56 Å². The van der Waals surface area contributed by atoms with Gasteiger partial charge in [-0.3, -0.25) is 9.59 Å². The first kappa shape index (κ1) is 16.2. The Morgan fingerprint density at radius 2 is 1.70 bits per heavy atom. The van der Waals surface area contributed by atoms with E-state index < -0.39 is 17.8 Å². The number of aryl methyl sites for hydroxylation is 1. The first-order valence-electron chi connectivity index (χ1n) is 6.73. The van der Waals surface area contributed by atoms with Crippen LogP contribution in [0.4, 0.5) is 11.5 Å². The molecule has 0 aliphatic heterocycles. The average molecular weight is 313 g/mol. The molecular formula is C16H15N3O4. The topological polar surface area (TPSA) is 97.4 Å². The zero-order valence-corrected chi connectivity index (χ0v) is 12.6. The van der Waals surface area contributed by atoms with Crippen molar-refractivity contribution in [3.63, 3.8) is 0 Å². The van der Waals surface area contributed by atoms with Crippen LogP contribution in [0.2, 0.25) is 0 Å². The van der Waals surface area contributed by atoms with Crippen LogP contribution in [-0.4, -0.2) is 29.9 Å². The third-order valence-corrected chi connectivity index (χ3v) is 2.94. The molecule has 1 heterocycles. The Labute approximate surface area is 132 Å². The number of nitrogens with zero attached hydrogens (tertiary/aromatic N) is 1. The lowest BCUT2D eigenvalue weighted by molar-refractivity contribution is -0.133. The standard InChI is InChI=1S/C16H15N3O4/c1-10-7-8-13(17-9-10)19-15(21)14(20)18-12-6-4-3-5-11(12)16(22)23-2/h3-9H,1-2H3,(H,18,20)(H,17,19,21). The van der Waals surface area contributed by atoms with Crippen LogP contribution >= 0.6 is 0 Å². The largest absolute Gasteiger partial charge is 0.465 e. The number of carbonyl (C=O) groups excluding carboxylic acids is 3. The van der Waals surface area contributed by atoms with E-state index in [-0.39, 0.29) is 17.1 Å². The number of para-hydroxylation sites is 1. The molecule has 2 amide bonds. The summed E-state index contributed by atoms with van der Waals surface area (Å²) < 4.78 is 4.63. The molecule has 0 fully saturated rings. The van der Waals surface area contributed by atoms with Gasteiger partial charge >= 0.3 is 17.8 Å².